The van der Waals surface area contributed by atoms with E-state index in [0.717, 1.165) is 12.1 Å². The molecular formula is C14H11ClF3N. The lowest BCUT2D eigenvalue weighted by atomic mass is 9.97. The number of benzene rings is 2. The smallest absolute Gasteiger partial charge is 0.142 e. The van der Waals surface area contributed by atoms with Gasteiger partial charge in [-0.15, -0.1) is 0 Å². The molecule has 0 saturated heterocycles. The van der Waals surface area contributed by atoms with E-state index in [1.807, 2.05) is 0 Å². The highest BCUT2D eigenvalue weighted by atomic mass is 35.5. The van der Waals surface area contributed by atoms with Crippen LogP contribution in [-0.2, 0) is 0 Å². The predicted octanol–water partition coefficient (Wildman–Crippen LogP) is 4.11. The summed E-state index contributed by atoms with van der Waals surface area (Å²) in [5.74, 6) is -1.81. The summed E-state index contributed by atoms with van der Waals surface area (Å²) >= 11 is 5.48. The van der Waals surface area contributed by atoms with Crippen LogP contribution in [0.25, 0.3) is 0 Å². The number of halogens is 4. The third-order valence-corrected chi connectivity index (χ3v) is 3.21. The highest BCUT2D eigenvalue weighted by Gasteiger charge is 2.17. The molecule has 0 bridgehead atoms. The van der Waals surface area contributed by atoms with Gasteiger partial charge in [-0.1, -0.05) is 23.7 Å². The molecule has 2 rings (SSSR count). The van der Waals surface area contributed by atoms with Gasteiger partial charge in [-0.3, -0.25) is 0 Å². The van der Waals surface area contributed by atoms with E-state index in [1.165, 1.54) is 18.2 Å². The van der Waals surface area contributed by atoms with E-state index >= 15 is 0 Å². The Hall–Kier alpha value is -1.52. The first-order chi connectivity index (χ1) is 8.90. The van der Waals surface area contributed by atoms with Gasteiger partial charge in [0.05, 0.1) is 11.1 Å². The average Bonchev–Trinajstić information content (AvgIpc) is 2.36. The Bertz CT molecular complexity index is 628. The summed E-state index contributed by atoms with van der Waals surface area (Å²) in [4.78, 5) is 0. The Balaban J connectivity index is 2.46. The Morgan fingerprint density at radius 2 is 1.68 bits per heavy atom. The Morgan fingerprint density at radius 3 is 2.32 bits per heavy atom. The zero-order chi connectivity index (χ0) is 14.2. The topological polar surface area (TPSA) is 26.0 Å². The van der Waals surface area contributed by atoms with Crippen LogP contribution in [0, 0.1) is 24.4 Å². The lowest BCUT2D eigenvalue weighted by Crippen LogP contribution is -2.14. The number of hydrogen-bond donors (Lipinski definition) is 1. The maximum atomic E-state index is 13.7. The molecule has 2 aromatic rings. The predicted molar refractivity (Wildman–Crippen MR) is 68.5 cm³/mol. The molecule has 0 amide bonds. The standard InChI is InChI=1S/C14H11ClF3N/c1-7-4-8(2-3-11(7)16)14(19)9-5-13(18)10(15)6-12(9)17/h2-6,14H,19H2,1H3. The molecule has 5 heteroatoms. The van der Waals surface area contributed by atoms with Gasteiger partial charge >= 0.3 is 0 Å². The van der Waals surface area contributed by atoms with Gasteiger partial charge in [0.2, 0.25) is 0 Å². The van der Waals surface area contributed by atoms with Crippen molar-refractivity contribution in [2.75, 3.05) is 0 Å². The third-order valence-electron chi connectivity index (χ3n) is 2.92. The summed E-state index contributed by atoms with van der Waals surface area (Å²) in [5.41, 5.74) is 6.75. The van der Waals surface area contributed by atoms with Crippen LogP contribution in [0.1, 0.15) is 22.7 Å². The van der Waals surface area contributed by atoms with Crippen molar-refractivity contribution in [3.8, 4) is 0 Å². The molecule has 0 aromatic heterocycles. The van der Waals surface area contributed by atoms with Gasteiger partial charge in [-0.05, 0) is 36.2 Å². The minimum absolute atomic E-state index is 0.0205. The number of hydrogen-bond acceptors (Lipinski definition) is 1. The van der Waals surface area contributed by atoms with Crippen molar-refractivity contribution in [1.29, 1.82) is 0 Å². The molecule has 0 saturated carbocycles. The van der Waals surface area contributed by atoms with Gasteiger partial charge in [-0.2, -0.15) is 0 Å². The van der Waals surface area contributed by atoms with Gasteiger partial charge in [0.1, 0.15) is 17.5 Å². The Kier molecular flexibility index (Phi) is 3.83. The molecule has 1 nitrogen and oxygen atoms in total. The van der Waals surface area contributed by atoms with E-state index in [0.29, 0.717) is 11.1 Å². The number of rotatable bonds is 2. The van der Waals surface area contributed by atoms with Crippen LogP contribution in [0.4, 0.5) is 13.2 Å². The van der Waals surface area contributed by atoms with Crippen molar-refractivity contribution in [3.63, 3.8) is 0 Å². The fraction of sp³-hybridized carbons (Fsp3) is 0.143. The van der Waals surface area contributed by atoms with Gasteiger partial charge < -0.3 is 5.73 Å². The van der Waals surface area contributed by atoms with Gasteiger partial charge in [-0.25, -0.2) is 13.2 Å². The Morgan fingerprint density at radius 1 is 1.00 bits per heavy atom. The van der Waals surface area contributed by atoms with Crippen molar-refractivity contribution in [1.82, 2.24) is 0 Å². The van der Waals surface area contributed by atoms with Crippen molar-refractivity contribution < 1.29 is 13.2 Å². The number of aryl methyl sites for hydroxylation is 1. The largest absolute Gasteiger partial charge is 0.320 e. The van der Waals surface area contributed by atoms with Crippen molar-refractivity contribution in [3.05, 3.63) is 69.5 Å². The molecule has 0 heterocycles. The summed E-state index contributed by atoms with van der Waals surface area (Å²) < 4.78 is 40.3. The van der Waals surface area contributed by atoms with Crippen LogP contribution in [-0.4, -0.2) is 0 Å². The summed E-state index contributed by atoms with van der Waals surface area (Å²) in [6.45, 7) is 1.57. The van der Waals surface area contributed by atoms with Gasteiger partial charge in [0, 0.05) is 5.56 Å². The molecule has 1 atom stereocenters. The second-order valence-corrected chi connectivity index (χ2v) is 4.68. The normalized spacial score (nSPS) is 12.5. The second kappa shape index (κ2) is 5.23. The van der Waals surface area contributed by atoms with Crippen LogP contribution in [0.3, 0.4) is 0 Å². The summed E-state index contributed by atoms with van der Waals surface area (Å²) in [7, 11) is 0. The first kappa shape index (κ1) is 13.9. The highest BCUT2D eigenvalue weighted by Crippen LogP contribution is 2.27. The molecule has 19 heavy (non-hydrogen) atoms. The molecule has 0 fully saturated rings. The minimum Gasteiger partial charge on any atom is -0.320 e. The number of nitrogens with two attached hydrogens (primary N) is 1. The zero-order valence-corrected chi connectivity index (χ0v) is 10.8. The van der Waals surface area contributed by atoms with Crippen LogP contribution in [0.15, 0.2) is 30.3 Å². The lowest BCUT2D eigenvalue weighted by Gasteiger charge is -2.15. The van der Waals surface area contributed by atoms with E-state index < -0.39 is 17.7 Å². The van der Waals surface area contributed by atoms with Crippen molar-refractivity contribution in [2.45, 2.75) is 13.0 Å². The molecule has 0 aliphatic carbocycles. The molecular weight excluding hydrogens is 275 g/mol. The highest BCUT2D eigenvalue weighted by molar-refractivity contribution is 6.30. The molecule has 0 radical (unpaired) electrons. The Labute approximate surface area is 113 Å². The van der Waals surface area contributed by atoms with Gasteiger partial charge in [0.15, 0.2) is 0 Å². The van der Waals surface area contributed by atoms with Crippen LogP contribution < -0.4 is 5.73 Å². The summed E-state index contributed by atoms with van der Waals surface area (Å²) in [6.07, 6.45) is 0. The van der Waals surface area contributed by atoms with Crippen LogP contribution in [0.5, 0.6) is 0 Å². The zero-order valence-electron chi connectivity index (χ0n) is 10.1. The minimum atomic E-state index is -0.883. The maximum Gasteiger partial charge on any atom is 0.142 e. The van der Waals surface area contributed by atoms with E-state index in [2.05, 4.69) is 0 Å². The van der Waals surface area contributed by atoms with Gasteiger partial charge in [0.25, 0.3) is 0 Å². The fourth-order valence-electron chi connectivity index (χ4n) is 1.82. The average molecular weight is 286 g/mol. The van der Waals surface area contributed by atoms with Crippen molar-refractivity contribution in [2.24, 2.45) is 5.73 Å². The monoisotopic (exact) mass is 285 g/mol. The molecule has 2 aromatic carbocycles. The van der Waals surface area contributed by atoms with E-state index in [9.17, 15) is 13.2 Å². The van der Waals surface area contributed by atoms with Crippen LogP contribution in [0.2, 0.25) is 5.02 Å². The molecule has 100 valence electrons. The SMILES string of the molecule is Cc1cc(C(N)c2cc(F)c(Cl)cc2F)ccc1F. The molecule has 0 aliphatic rings. The fourth-order valence-corrected chi connectivity index (χ4v) is 1.97. The quantitative estimate of drug-likeness (QED) is 0.826. The molecule has 0 aliphatic heterocycles. The summed E-state index contributed by atoms with van der Waals surface area (Å²) in [6, 6.07) is 5.15. The first-order valence-corrected chi connectivity index (χ1v) is 5.94. The van der Waals surface area contributed by atoms with E-state index in [-0.39, 0.29) is 16.4 Å². The molecule has 2 N–H and O–H groups in total. The lowest BCUT2D eigenvalue weighted by molar-refractivity contribution is 0.576. The summed E-state index contributed by atoms with van der Waals surface area (Å²) in [5, 5.41) is -0.302. The van der Waals surface area contributed by atoms with E-state index in [4.69, 9.17) is 17.3 Å². The maximum absolute atomic E-state index is 13.7. The molecule has 0 spiro atoms. The van der Waals surface area contributed by atoms with E-state index in [1.54, 1.807) is 6.92 Å². The first-order valence-electron chi connectivity index (χ1n) is 5.56. The third kappa shape index (κ3) is 2.74. The van der Waals surface area contributed by atoms with Crippen molar-refractivity contribution >= 4 is 11.6 Å². The second-order valence-electron chi connectivity index (χ2n) is 4.27. The van der Waals surface area contributed by atoms with Crippen LogP contribution >= 0.6 is 11.6 Å². The molecule has 1 unspecified atom stereocenters.